The van der Waals surface area contributed by atoms with Crippen LogP contribution in [0.5, 0.6) is 0 Å². The van der Waals surface area contributed by atoms with E-state index >= 15 is 0 Å². The zero-order valence-corrected chi connectivity index (χ0v) is 20.3. The van der Waals surface area contributed by atoms with E-state index < -0.39 is 47.5 Å². The van der Waals surface area contributed by atoms with Gasteiger partial charge in [0.15, 0.2) is 0 Å². The Morgan fingerprint density at radius 1 is 0.886 bits per heavy atom. The van der Waals surface area contributed by atoms with Gasteiger partial charge in [-0.3, -0.25) is 33.6 Å². The van der Waals surface area contributed by atoms with E-state index in [4.69, 9.17) is 5.73 Å². The summed E-state index contributed by atoms with van der Waals surface area (Å²) in [4.78, 5) is 84.7. The van der Waals surface area contributed by atoms with E-state index in [9.17, 15) is 33.6 Å². The number of carbonyl (C=O) groups excluding carboxylic acids is 7. The van der Waals surface area contributed by atoms with Gasteiger partial charge in [0, 0.05) is 13.5 Å². The molecule has 0 aromatic heterocycles. The number of nitrogens with one attached hydrogen (secondary N) is 5. The molecule has 1 fully saturated rings. The number of amides is 7. The predicted molar refractivity (Wildman–Crippen MR) is 123 cm³/mol. The summed E-state index contributed by atoms with van der Waals surface area (Å²) in [7, 11) is 0. The fourth-order valence-electron chi connectivity index (χ4n) is 3.37. The van der Waals surface area contributed by atoms with Crippen LogP contribution in [0.25, 0.3) is 0 Å². The average Bonchev–Trinajstić information content (AvgIpc) is 3.31. The molecule has 14 nitrogen and oxygen atoms in total. The van der Waals surface area contributed by atoms with E-state index in [2.05, 4.69) is 26.6 Å². The van der Waals surface area contributed by atoms with Crippen molar-refractivity contribution in [3.05, 3.63) is 0 Å². The number of hydrogen-bond acceptors (Lipinski definition) is 7. The summed E-state index contributed by atoms with van der Waals surface area (Å²) in [6.45, 7) is 3.80. The van der Waals surface area contributed by atoms with Gasteiger partial charge in [0.1, 0.15) is 12.1 Å². The molecule has 7 N–H and O–H groups in total. The molecule has 0 bridgehead atoms. The molecule has 1 rings (SSSR count). The Balaban J connectivity index is 2.72. The minimum absolute atomic E-state index is 0.259. The van der Waals surface area contributed by atoms with Gasteiger partial charge < -0.3 is 37.2 Å². The van der Waals surface area contributed by atoms with Crippen LogP contribution in [0.1, 0.15) is 40.0 Å². The van der Waals surface area contributed by atoms with Crippen molar-refractivity contribution in [1.29, 1.82) is 0 Å². The van der Waals surface area contributed by atoms with Gasteiger partial charge in [-0.1, -0.05) is 20.3 Å². The van der Waals surface area contributed by atoms with Crippen molar-refractivity contribution in [3.8, 4) is 0 Å². The lowest BCUT2D eigenvalue weighted by Gasteiger charge is -2.31. The first-order valence-corrected chi connectivity index (χ1v) is 11.4. The van der Waals surface area contributed by atoms with E-state index in [-0.39, 0.29) is 38.0 Å². The smallest absolute Gasteiger partial charge is 0.246 e. The maximum atomic E-state index is 13.3. The molecule has 0 aromatic rings. The highest BCUT2D eigenvalue weighted by Crippen LogP contribution is 2.21. The number of primary amides is 1. The molecule has 0 saturated carbocycles. The lowest BCUT2D eigenvalue weighted by molar-refractivity contribution is -0.142. The van der Waals surface area contributed by atoms with Crippen molar-refractivity contribution < 1.29 is 33.6 Å². The summed E-state index contributed by atoms with van der Waals surface area (Å²) >= 11 is 0. The number of nitrogens with zero attached hydrogens (tertiary/aromatic N) is 1. The van der Waals surface area contributed by atoms with Gasteiger partial charge in [0.05, 0.1) is 26.2 Å². The summed E-state index contributed by atoms with van der Waals surface area (Å²) in [5.41, 5.74) is 4.95. The molecule has 1 heterocycles. The molecule has 1 saturated heterocycles. The quantitative estimate of drug-likeness (QED) is 0.151. The number of carbonyl (C=O) groups is 7. The molecule has 7 amide bonds. The summed E-state index contributed by atoms with van der Waals surface area (Å²) in [5.74, 6) is -4.07. The lowest BCUT2D eigenvalue weighted by atomic mass is 9.97. The highest BCUT2D eigenvalue weighted by molar-refractivity contribution is 5.95. The van der Waals surface area contributed by atoms with Crippen LogP contribution in [0.2, 0.25) is 0 Å². The van der Waals surface area contributed by atoms with E-state index in [1.165, 1.54) is 11.8 Å². The van der Waals surface area contributed by atoms with Gasteiger partial charge in [-0.05, 0) is 18.8 Å². The Labute approximate surface area is 203 Å². The van der Waals surface area contributed by atoms with Crippen molar-refractivity contribution in [3.63, 3.8) is 0 Å². The molecule has 0 aromatic carbocycles. The van der Waals surface area contributed by atoms with Gasteiger partial charge in [-0.15, -0.1) is 0 Å². The van der Waals surface area contributed by atoms with Crippen LogP contribution in [0.3, 0.4) is 0 Å². The van der Waals surface area contributed by atoms with Gasteiger partial charge >= 0.3 is 0 Å². The first-order chi connectivity index (χ1) is 16.5. The molecular weight excluding hydrogens is 462 g/mol. The summed E-state index contributed by atoms with van der Waals surface area (Å²) in [5, 5.41) is 12.0. The monoisotopic (exact) mass is 497 g/mol. The van der Waals surface area contributed by atoms with Crippen LogP contribution in [0.4, 0.5) is 0 Å². The van der Waals surface area contributed by atoms with Gasteiger partial charge in [-0.2, -0.15) is 0 Å². The maximum absolute atomic E-state index is 13.3. The second-order valence-electron chi connectivity index (χ2n) is 8.27. The molecule has 3 atom stereocenters. The van der Waals surface area contributed by atoms with Crippen LogP contribution in [-0.4, -0.2) is 91.1 Å². The van der Waals surface area contributed by atoms with Gasteiger partial charge in [0.25, 0.3) is 0 Å². The molecule has 35 heavy (non-hydrogen) atoms. The summed E-state index contributed by atoms with van der Waals surface area (Å²) < 4.78 is 0. The van der Waals surface area contributed by atoms with Crippen LogP contribution >= 0.6 is 0 Å². The Hall–Kier alpha value is -3.71. The average molecular weight is 498 g/mol. The molecule has 0 aliphatic carbocycles. The number of likely N-dealkylation sites (tertiary alicyclic amines) is 1. The first-order valence-electron chi connectivity index (χ1n) is 11.4. The van der Waals surface area contributed by atoms with Crippen molar-refractivity contribution in [2.45, 2.75) is 52.1 Å². The highest BCUT2D eigenvalue weighted by Gasteiger charge is 2.39. The molecule has 14 heteroatoms. The van der Waals surface area contributed by atoms with E-state index in [1.54, 1.807) is 6.92 Å². The molecule has 1 aliphatic rings. The summed E-state index contributed by atoms with van der Waals surface area (Å²) in [6, 6.07) is -1.74. The molecule has 196 valence electrons. The van der Waals surface area contributed by atoms with Crippen LogP contribution in [0, 0.1) is 5.92 Å². The maximum Gasteiger partial charge on any atom is 0.246 e. The minimum atomic E-state index is -0.924. The minimum Gasteiger partial charge on any atom is -0.368 e. The molecule has 0 unspecified atom stereocenters. The lowest BCUT2D eigenvalue weighted by Crippen LogP contribution is -2.57. The third-order valence-electron chi connectivity index (χ3n) is 5.46. The third-order valence-corrected chi connectivity index (χ3v) is 5.46. The standard InChI is InChI=1S/C21H35N7O7/c1-4-12(2)19(27-18(33)11-25-16(31)9-23-13(3)29)21(35)28-7-5-6-14(28)20(34)26-10-17(32)24-8-15(22)30/h12,14,19H,4-11H2,1-3H3,(H2,22,30)(H,23,29)(H,24,32)(H,25,31)(H,26,34)(H,27,33)/t12-,14-,19-/m0/s1. The molecular formula is C21H35N7O7. The Morgan fingerprint density at radius 3 is 2.03 bits per heavy atom. The second kappa shape index (κ2) is 14.5. The zero-order valence-electron chi connectivity index (χ0n) is 20.3. The fraction of sp³-hybridized carbons (Fsp3) is 0.667. The topological polar surface area (TPSA) is 209 Å². The van der Waals surface area contributed by atoms with E-state index in [0.717, 1.165) is 0 Å². The van der Waals surface area contributed by atoms with Crippen LogP contribution < -0.4 is 32.3 Å². The third kappa shape index (κ3) is 10.4. The van der Waals surface area contributed by atoms with E-state index in [0.29, 0.717) is 25.8 Å². The Morgan fingerprint density at radius 2 is 1.46 bits per heavy atom. The number of rotatable bonds is 13. The first kappa shape index (κ1) is 29.3. The number of hydrogen-bond donors (Lipinski definition) is 6. The van der Waals surface area contributed by atoms with Crippen molar-refractivity contribution in [2.24, 2.45) is 11.7 Å². The predicted octanol–water partition coefficient (Wildman–Crippen LogP) is -3.52. The molecule has 1 aliphatic heterocycles. The fourth-order valence-corrected chi connectivity index (χ4v) is 3.37. The van der Waals surface area contributed by atoms with E-state index in [1.807, 2.05) is 6.92 Å². The SMILES string of the molecule is CC[C@H](C)[C@H](NC(=O)CNC(=O)CNC(C)=O)C(=O)N1CCC[C@H]1C(=O)NCC(=O)NCC(N)=O. The number of nitrogens with two attached hydrogens (primary N) is 1. The van der Waals surface area contributed by atoms with Gasteiger partial charge in [-0.25, -0.2) is 0 Å². The summed E-state index contributed by atoms with van der Waals surface area (Å²) in [6.07, 6.45) is 1.52. The second-order valence-corrected chi connectivity index (χ2v) is 8.27. The van der Waals surface area contributed by atoms with Crippen LogP contribution in [0.15, 0.2) is 0 Å². The highest BCUT2D eigenvalue weighted by atomic mass is 16.2. The van der Waals surface area contributed by atoms with Gasteiger partial charge in [0.2, 0.25) is 41.4 Å². The van der Waals surface area contributed by atoms with Crippen molar-refractivity contribution >= 4 is 41.4 Å². The zero-order chi connectivity index (χ0) is 26.5. The Bertz CT molecular complexity index is 833. The largest absolute Gasteiger partial charge is 0.368 e. The normalized spacial score (nSPS) is 16.4. The molecule has 0 radical (unpaired) electrons. The molecule has 0 spiro atoms. The van der Waals surface area contributed by atoms with Crippen molar-refractivity contribution in [1.82, 2.24) is 31.5 Å². The van der Waals surface area contributed by atoms with Crippen LogP contribution in [-0.2, 0) is 33.6 Å². The van der Waals surface area contributed by atoms with Crippen molar-refractivity contribution in [2.75, 3.05) is 32.7 Å². The Kier molecular flexibility index (Phi) is 12.2.